The Bertz CT molecular complexity index is 126. The molecule has 0 radical (unpaired) electrons. The maximum atomic E-state index is 10.4. The van der Waals surface area contributed by atoms with Gasteiger partial charge in [0.2, 0.25) is 5.91 Å². The van der Waals surface area contributed by atoms with Gasteiger partial charge in [-0.15, -0.1) is 0 Å². The van der Waals surface area contributed by atoms with Crippen molar-refractivity contribution in [2.24, 2.45) is 0 Å². The SMILES string of the molecule is CC(=O)NCCSSCCNP. The van der Waals surface area contributed by atoms with Crippen LogP contribution in [0, 0.1) is 0 Å². The highest BCUT2D eigenvalue weighted by Crippen LogP contribution is 2.19. The van der Waals surface area contributed by atoms with Gasteiger partial charge in [-0.05, 0) is 0 Å². The zero-order valence-corrected chi connectivity index (χ0v) is 9.92. The number of hydrogen-bond donors (Lipinski definition) is 2. The molecule has 0 spiro atoms. The van der Waals surface area contributed by atoms with Crippen molar-refractivity contribution >= 4 is 36.9 Å². The molecule has 1 unspecified atom stereocenters. The Balaban J connectivity index is 2.86. The first-order valence-corrected chi connectivity index (χ1v) is 6.76. The Morgan fingerprint density at radius 1 is 1.33 bits per heavy atom. The number of amides is 1. The summed E-state index contributed by atoms with van der Waals surface area (Å²) in [6.07, 6.45) is 0. The molecule has 0 aromatic heterocycles. The van der Waals surface area contributed by atoms with E-state index in [1.165, 1.54) is 6.92 Å². The standard InChI is InChI=1S/C6H15N2OPS2/c1-6(9)7-2-4-11-12-5-3-8-10/h8H,2-5,10H2,1H3,(H,7,9). The minimum Gasteiger partial charge on any atom is -0.355 e. The molecular weight excluding hydrogens is 211 g/mol. The predicted molar refractivity (Wildman–Crippen MR) is 61.3 cm³/mol. The lowest BCUT2D eigenvalue weighted by atomic mass is 10.6. The molecule has 2 N–H and O–H groups in total. The van der Waals surface area contributed by atoms with Crippen LogP contribution in [-0.2, 0) is 4.79 Å². The Morgan fingerprint density at radius 2 is 1.92 bits per heavy atom. The van der Waals surface area contributed by atoms with E-state index in [2.05, 4.69) is 19.8 Å². The summed E-state index contributed by atoms with van der Waals surface area (Å²) in [4.78, 5) is 10.4. The molecule has 72 valence electrons. The van der Waals surface area contributed by atoms with Gasteiger partial charge in [0, 0.05) is 31.5 Å². The molecule has 0 saturated carbocycles. The van der Waals surface area contributed by atoms with Crippen molar-refractivity contribution in [2.45, 2.75) is 6.92 Å². The quantitative estimate of drug-likeness (QED) is 0.384. The van der Waals surface area contributed by atoms with E-state index >= 15 is 0 Å². The molecule has 0 saturated heterocycles. The number of hydrogen-bond acceptors (Lipinski definition) is 4. The first kappa shape index (κ1) is 12.6. The first-order valence-electron chi connectivity index (χ1n) is 3.69. The summed E-state index contributed by atoms with van der Waals surface area (Å²) in [5, 5.41) is 5.73. The Labute approximate surface area is 83.9 Å². The van der Waals surface area contributed by atoms with Crippen molar-refractivity contribution in [3.63, 3.8) is 0 Å². The second-order valence-corrected chi connectivity index (χ2v) is 5.19. The van der Waals surface area contributed by atoms with Gasteiger partial charge in [0.05, 0.1) is 0 Å². The van der Waals surface area contributed by atoms with Gasteiger partial charge in [-0.1, -0.05) is 31.0 Å². The second kappa shape index (κ2) is 9.65. The lowest BCUT2D eigenvalue weighted by molar-refractivity contribution is -0.118. The minimum atomic E-state index is 0.0484. The van der Waals surface area contributed by atoms with Gasteiger partial charge in [-0.25, -0.2) is 0 Å². The Kier molecular flexibility index (Phi) is 10.1. The van der Waals surface area contributed by atoms with Crippen LogP contribution < -0.4 is 10.4 Å². The van der Waals surface area contributed by atoms with E-state index in [0.717, 1.165) is 24.6 Å². The van der Waals surface area contributed by atoms with Gasteiger partial charge in [0.15, 0.2) is 0 Å². The van der Waals surface area contributed by atoms with E-state index in [1.54, 1.807) is 10.8 Å². The normalized spacial score (nSPS) is 9.83. The van der Waals surface area contributed by atoms with Crippen LogP contribution in [-0.4, -0.2) is 30.5 Å². The summed E-state index contributed by atoms with van der Waals surface area (Å²) in [5.41, 5.74) is 0. The monoisotopic (exact) mass is 226 g/mol. The summed E-state index contributed by atoms with van der Waals surface area (Å²) in [6.45, 7) is 3.31. The Hall–Kier alpha value is 0.560. The zero-order valence-electron chi connectivity index (χ0n) is 7.13. The summed E-state index contributed by atoms with van der Waals surface area (Å²) in [6, 6.07) is 0. The van der Waals surface area contributed by atoms with Crippen molar-refractivity contribution in [3.8, 4) is 0 Å². The average molecular weight is 226 g/mol. The fraction of sp³-hybridized carbons (Fsp3) is 0.833. The van der Waals surface area contributed by atoms with Crippen LogP contribution >= 0.6 is 31.0 Å². The fourth-order valence-corrected chi connectivity index (χ4v) is 2.67. The number of carbonyl (C=O) groups is 1. The van der Waals surface area contributed by atoms with Gasteiger partial charge in [0.1, 0.15) is 0 Å². The molecule has 1 atom stereocenters. The van der Waals surface area contributed by atoms with E-state index < -0.39 is 0 Å². The molecule has 6 heteroatoms. The third-order valence-electron chi connectivity index (χ3n) is 0.972. The zero-order chi connectivity index (χ0) is 9.23. The third kappa shape index (κ3) is 10.6. The maximum Gasteiger partial charge on any atom is 0.216 e. The molecule has 0 heterocycles. The number of nitrogens with one attached hydrogen (secondary N) is 2. The van der Waals surface area contributed by atoms with Crippen molar-refractivity contribution in [1.82, 2.24) is 10.4 Å². The number of rotatable bonds is 7. The van der Waals surface area contributed by atoms with Crippen LogP contribution in [0.5, 0.6) is 0 Å². The molecule has 0 aliphatic heterocycles. The summed E-state index contributed by atoms with van der Waals surface area (Å²) < 4.78 is 0. The lowest BCUT2D eigenvalue weighted by Crippen LogP contribution is -2.22. The van der Waals surface area contributed by atoms with Gasteiger partial charge in [-0.3, -0.25) is 9.88 Å². The topological polar surface area (TPSA) is 41.1 Å². The van der Waals surface area contributed by atoms with Crippen LogP contribution in [0.2, 0.25) is 0 Å². The van der Waals surface area contributed by atoms with Gasteiger partial charge in [-0.2, -0.15) is 0 Å². The molecule has 0 rings (SSSR count). The second-order valence-electron chi connectivity index (χ2n) is 2.08. The molecule has 0 aromatic carbocycles. The summed E-state index contributed by atoms with van der Waals surface area (Å²) in [7, 11) is 6.08. The van der Waals surface area contributed by atoms with Crippen LogP contribution in [0.1, 0.15) is 6.92 Å². The van der Waals surface area contributed by atoms with E-state index in [1.807, 2.05) is 10.8 Å². The van der Waals surface area contributed by atoms with Crippen LogP contribution in [0.4, 0.5) is 0 Å². The van der Waals surface area contributed by atoms with Crippen molar-refractivity contribution < 1.29 is 4.79 Å². The fourth-order valence-electron chi connectivity index (χ4n) is 0.487. The van der Waals surface area contributed by atoms with Crippen LogP contribution in [0.15, 0.2) is 0 Å². The first-order chi connectivity index (χ1) is 5.77. The Morgan fingerprint density at radius 3 is 2.42 bits per heavy atom. The maximum absolute atomic E-state index is 10.4. The van der Waals surface area contributed by atoms with E-state index in [0.29, 0.717) is 0 Å². The molecule has 0 aliphatic carbocycles. The summed E-state index contributed by atoms with van der Waals surface area (Å²) in [5.74, 6) is 2.11. The van der Waals surface area contributed by atoms with Crippen molar-refractivity contribution in [1.29, 1.82) is 0 Å². The molecule has 12 heavy (non-hydrogen) atoms. The average Bonchev–Trinajstić information content (AvgIpc) is 2.02. The predicted octanol–water partition coefficient (Wildman–Crippen LogP) is 0.884. The highest BCUT2D eigenvalue weighted by molar-refractivity contribution is 8.76. The van der Waals surface area contributed by atoms with Gasteiger partial charge in [0.25, 0.3) is 0 Å². The third-order valence-corrected chi connectivity index (χ3v) is 3.67. The largest absolute Gasteiger partial charge is 0.355 e. The van der Waals surface area contributed by atoms with Crippen molar-refractivity contribution in [3.05, 3.63) is 0 Å². The highest BCUT2D eigenvalue weighted by atomic mass is 33.1. The lowest BCUT2D eigenvalue weighted by Gasteiger charge is -2.01. The molecule has 1 amide bonds. The van der Waals surface area contributed by atoms with Crippen molar-refractivity contribution in [2.75, 3.05) is 24.6 Å². The molecule has 0 fully saturated rings. The highest BCUT2D eigenvalue weighted by Gasteiger charge is 1.91. The minimum absolute atomic E-state index is 0.0484. The molecule has 0 aliphatic rings. The summed E-state index contributed by atoms with van der Waals surface area (Å²) >= 11 is 0. The molecule has 0 bridgehead atoms. The van der Waals surface area contributed by atoms with E-state index in [9.17, 15) is 4.79 Å². The van der Waals surface area contributed by atoms with Gasteiger partial charge < -0.3 is 5.32 Å². The smallest absolute Gasteiger partial charge is 0.216 e. The number of carbonyl (C=O) groups excluding carboxylic acids is 1. The van der Waals surface area contributed by atoms with Crippen LogP contribution in [0.3, 0.4) is 0 Å². The molecule has 3 nitrogen and oxygen atoms in total. The molecule has 0 aromatic rings. The molecular formula is C6H15N2OPS2. The van der Waals surface area contributed by atoms with E-state index in [-0.39, 0.29) is 5.91 Å². The van der Waals surface area contributed by atoms with Crippen LogP contribution in [0.25, 0.3) is 0 Å². The van der Waals surface area contributed by atoms with E-state index in [4.69, 9.17) is 0 Å². The van der Waals surface area contributed by atoms with Gasteiger partial charge >= 0.3 is 0 Å².